The third-order valence-electron chi connectivity index (χ3n) is 6.81. The molecule has 9 heteroatoms. The third-order valence-corrected chi connectivity index (χ3v) is 7.13. The minimum Gasteiger partial charge on any atom is -0.495 e. The van der Waals surface area contributed by atoms with Crippen molar-refractivity contribution in [3.8, 4) is 11.4 Å². The summed E-state index contributed by atoms with van der Waals surface area (Å²) in [6, 6.07) is 20.5. The zero-order valence-electron chi connectivity index (χ0n) is 21.0. The zero-order chi connectivity index (χ0) is 26.3. The van der Waals surface area contributed by atoms with Crippen LogP contribution in [-0.2, 0) is 0 Å². The molecule has 3 heterocycles. The van der Waals surface area contributed by atoms with Crippen molar-refractivity contribution in [2.24, 2.45) is 0 Å². The molecule has 8 nitrogen and oxygen atoms in total. The Morgan fingerprint density at radius 3 is 2.46 bits per heavy atom. The van der Waals surface area contributed by atoms with E-state index in [1.807, 2.05) is 36.6 Å². The normalized spacial score (nSPS) is 17.1. The number of hydrogen-bond donors (Lipinski definition) is 1. The van der Waals surface area contributed by atoms with E-state index in [-0.39, 0.29) is 17.8 Å². The molecule has 0 aliphatic carbocycles. The van der Waals surface area contributed by atoms with Crippen LogP contribution in [0.5, 0.6) is 5.75 Å². The highest BCUT2D eigenvalue weighted by atomic mass is 32.1. The monoisotopic (exact) mass is 513 g/mol. The fourth-order valence-corrected chi connectivity index (χ4v) is 5.42. The smallest absolute Gasteiger partial charge is 0.271 e. The second kappa shape index (κ2) is 9.67. The van der Waals surface area contributed by atoms with E-state index in [0.717, 1.165) is 33.9 Å². The van der Waals surface area contributed by atoms with Crippen molar-refractivity contribution < 1.29 is 9.66 Å². The molecular formula is C28H27N5O3S. The lowest BCUT2D eigenvalue weighted by atomic mass is 9.96. The van der Waals surface area contributed by atoms with Gasteiger partial charge < -0.3 is 19.5 Å². The topological polar surface area (TPSA) is 85.5 Å². The summed E-state index contributed by atoms with van der Waals surface area (Å²) in [4.78, 5) is 17.9. The number of nitro groups is 1. The number of nitro benzene ring substituents is 1. The van der Waals surface area contributed by atoms with Crippen molar-refractivity contribution in [2.75, 3.05) is 12.0 Å². The number of hydrogen-bond acceptors (Lipinski definition) is 5. The molecule has 1 N–H and O–H groups in total. The van der Waals surface area contributed by atoms with Crippen LogP contribution in [-0.4, -0.2) is 26.7 Å². The second-order valence-electron chi connectivity index (χ2n) is 9.11. The second-order valence-corrected chi connectivity index (χ2v) is 9.49. The molecule has 188 valence electrons. The molecule has 1 aliphatic rings. The maximum atomic E-state index is 11.5. The van der Waals surface area contributed by atoms with Crippen molar-refractivity contribution in [3.05, 3.63) is 111 Å². The Morgan fingerprint density at radius 1 is 1.05 bits per heavy atom. The first kappa shape index (κ1) is 24.5. The van der Waals surface area contributed by atoms with Gasteiger partial charge >= 0.3 is 0 Å². The van der Waals surface area contributed by atoms with Crippen LogP contribution in [0.3, 0.4) is 0 Å². The maximum absolute atomic E-state index is 11.5. The molecule has 0 unspecified atom stereocenters. The first-order valence-corrected chi connectivity index (χ1v) is 12.3. The number of nitrogens with zero attached hydrogens (tertiary/aromatic N) is 4. The van der Waals surface area contributed by atoms with Crippen LogP contribution in [0.4, 0.5) is 11.4 Å². The van der Waals surface area contributed by atoms with E-state index in [4.69, 9.17) is 17.0 Å². The summed E-state index contributed by atoms with van der Waals surface area (Å²) in [5.41, 5.74) is 6.53. The molecule has 0 bridgehead atoms. The van der Waals surface area contributed by atoms with Gasteiger partial charge in [-0.1, -0.05) is 23.8 Å². The molecule has 2 atom stereocenters. The molecule has 0 amide bonds. The van der Waals surface area contributed by atoms with Crippen LogP contribution in [0.2, 0.25) is 0 Å². The number of ether oxygens (including phenoxy) is 1. The number of pyridine rings is 1. The van der Waals surface area contributed by atoms with E-state index in [1.54, 1.807) is 25.4 Å². The van der Waals surface area contributed by atoms with Gasteiger partial charge in [-0.15, -0.1) is 0 Å². The Morgan fingerprint density at radius 2 is 1.81 bits per heavy atom. The molecule has 4 aromatic rings. The van der Waals surface area contributed by atoms with Crippen molar-refractivity contribution in [2.45, 2.75) is 32.9 Å². The number of benzene rings is 2. The van der Waals surface area contributed by atoms with Gasteiger partial charge in [0.1, 0.15) is 5.75 Å². The number of aromatic nitrogens is 2. The lowest BCUT2D eigenvalue weighted by molar-refractivity contribution is -0.384. The van der Waals surface area contributed by atoms with Gasteiger partial charge in [-0.25, -0.2) is 0 Å². The van der Waals surface area contributed by atoms with Crippen LogP contribution in [0.1, 0.15) is 40.3 Å². The number of nitrogens with one attached hydrogen (secondary N) is 1. The first-order chi connectivity index (χ1) is 17.8. The number of rotatable bonds is 6. The molecule has 0 radical (unpaired) electrons. The van der Waals surface area contributed by atoms with Crippen molar-refractivity contribution in [1.29, 1.82) is 0 Å². The number of aryl methyl sites for hydroxylation is 2. The highest BCUT2D eigenvalue weighted by molar-refractivity contribution is 7.80. The van der Waals surface area contributed by atoms with Crippen molar-refractivity contribution in [1.82, 2.24) is 14.9 Å². The Bertz CT molecular complexity index is 1480. The van der Waals surface area contributed by atoms with E-state index in [0.29, 0.717) is 16.5 Å². The molecule has 1 fully saturated rings. The zero-order valence-corrected chi connectivity index (χ0v) is 21.8. The predicted octanol–water partition coefficient (Wildman–Crippen LogP) is 5.89. The fraction of sp³-hybridized carbons (Fsp3) is 0.214. The number of methoxy groups -OCH3 is 1. The van der Waals surface area contributed by atoms with Gasteiger partial charge in [-0.05, 0) is 75.0 Å². The summed E-state index contributed by atoms with van der Waals surface area (Å²) in [6.45, 7) is 6.06. The number of anilines is 1. The lowest BCUT2D eigenvalue weighted by Gasteiger charge is -2.28. The van der Waals surface area contributed by atoms with Crippen LogP contribution in [0.15, 0.2) is 72.9 Å². The standard InChI is InChI=1S/C28H27N5O3S/c1-17-8-10-20(11-9-17)32-27(26(30-28(32)37)23-7-5-6-14-29-23)22-15-18(2)31(19(22)3)24-16-21(33(34)35)12-13-25(24)36-4/h5-16,26-27H,1-4H3,(H,30,37)/t26-,27+/m0/s1. The van der Waals surface area contributed by atoms with Crippen molar-refractivity contribution in [3.63, 3.8) is 0 Å². The Hall–Kier alpha value is -4.24. The van der Waals surface area contributed by atoms with Gasteiger partial charge in [0, 0.05) is 35.4 Å². The summed E-state index contributed by atoms with van der Waals surface area (Å²) < 4.78 is 7.60. The predicted molar refractivity (Wildman–Crippen MR) is 148 cm³/mol. The molecule has 0 spiro atoms. The fourth-order valence-electron chi connectivity index (χ4n) is 5.08. The van der Waals surface area contributed by atoms with E-state index >= 15 is 0 Å². The van der Waals surface area contributed by atoms with Gasteiger partial charge in [0.15, 0.2) is 5.11 Å². The van der Waals surface area contributed by atoms with Crippen LogP contribution < -0.4 is 15.0 Å². The highest BCUT2D eigenvalue weighted by Crippen LogP contribution is 2.44. The molecule has 0 saturated carbocycles. The molecule has 1 saturated heterocycles. The lowest BCUT2D eigenvalue weighted by Crippen LogP contribution is -2.29. The SMILES string of the molecule is COc1ccc([N+](=O)[O-])cc1-n1c(C)cc([C@@H]2[C@H](c3ccccn3)NC(=S)N2c2ccc(C)cc2)c1C. The molecule has 5 rings (SSSR count). The molecule has 1 aliphatic heterocycles. The first-order valence-electron chi connectivity index (χ1n) is 11.9. The minimum absolute atomic E-state index is 0.00112. The summed E-state index contributed by atoms with van der Waals surface area (Å²) in [6.07, 6.45) is 1.78. The Balaban J connectivity index is 1.70. The van der Waals surface area contributed by atoms with Gasteiger partial charge in [0.2, 0.25) is 0 Å². The quantitative estimate of drug-likeness (QED) is 0.195. The van der Waals surface area contributed by atoms with Crippen LogP contribution >= 0.6 is 12.2 Å². The van der Waals surface area contributed by atoms with Crippen LogP contribution in [0, 0.1) is 30.9 Å². The average Bonchev–Trinajstić information content (AvgIpc) is 3.39. The van der Waals surface area contributed by atoms with Gasteiger partial charge in [0.05, 0.1) is 35.5 Å². The molecule has 2 aromatic heterocycles. The summed E-state index contributed by atoms with van der Waals surface area (Å²) in [5.74, 6) is 0.552. The van der Waals surface area contributed by atoms with Gasteiger partial charge in [-0.2, -0.15) is 0 Å². The summed E-state index contributed by atoms with van der Waals surface area (Å²) in [7, 11) is 1.56. The highest BCUT2D eigenvalue weighted by Gasteiger charge is 2.42. The maximum Gasteiger partial charge on any atom is 0.271 e. The van der Waals surface area contributed by atoms with E-state index < -0.39 is 4.92 Å². The van der Waals surface area contributed by atoms with E-state index in [2.05, 4.69) is 52.5 Å². The van der Waals surface area contributed by atoms with Crippen LogP contribution in [0.25, 0.3) is 5.69 Å². The Kier molecular flexibility index (Phi) is 6.39. The molecule has 2 aromatic carbocycles. The third kappa shape index (κ3) is 4.31. The minimum atomic E-state index is -0.395. The number of non-ortho nitro benzene ring substituents is 1. The Labute approximate surface area is 220 Å². The summed E-state index contributed by atoms with van der Waals surface area (Å²) in [5, 5.41) is 15.7. The number of thiocarbonyl (C=S) groups is 1. The van der Waals surface area contributed by atoms with E-state index in [1.165, 1.54) is 6.07 Å². The average molecular weight is 514 g/mol. The molecule has 37 heavy (non-hydrogen) atoms. The van der Waals surface area contributed by atoms with Gasteiger partial charge in [0.25, 0.3) is 5.69 Å². The largest absolute Gasteiger partial charge is 0.495 e. The summed E-state index contributed by atoms with van der Waals surface area (Å²) >= 11 is 5.86. The van der Waals surface area contributed by atoms with Crippen molar-refractivity contribution >= 4 is 28.7 Å². The van der Waals surface area contributed by atoms with Gasteiger partial charge in [-0.3, -0.25) is 15.1 Å². The van der Waals surface area contributed by atoms with E-state index in [9.17, 15) is 10.1 Å². The molecular weight excluding hydrogens is 486 g/mol.